The van der Waals surface area contributed by atoms with Crippen LogP contribution in [0.15, 0.2) is 34.9 Å². The highest BCUT2D eigenvalue weighted by Crippen LogP contribution is 2.23. The summed E-state index contributed by atoms with van der Waals surface area (Å²) in [5, 5.41) is 22.0. The number of nitrogens with zero attached hydrogens (tertiary/aromatic N) is 4. The summed E-state index contributed by atoms with van der Waals surface area (Å²) in [7, 11) is 0. The Labute approximate surface area is 113 Å². The Hall–Kier alpha value is -2.11. The van der Waals surface area contributed by atoms with Gasteiger partial charge in [0.15, 0.2) is 0 Å². The molecule has 0 bridgehead atoms. The maximum atomic E-state index is 9.10. The molecule has 2 aromatic rings. The number of nitriles is 2. The van der Waals surface area contributed by atoms with E-state index in [1.54, 1.807) is 10.9 Å². The first-order chi connectivity index (χ1) is 8.74. The van der Waals surface area contributed by atoms with E-state index >= 15 is 0 Å². The molecule has 18 heavy (non-hydrogen) atoms. The fourth-order valence-electron chi connectivity index (χ4n) is 1.60. The molecule has 0 N–H and O–H groups in total. The van der Waals surface area contributed by atoms with Gasteiger partial charge in [-0.15, -0.1) is 0 Å². The molecular formula is C13H9BrN4. The Kier molecular flexibility index (Phi) is 3.76. The fraction of sp³-hybridized carbons (Fsp3) is 0.154. The molecule has 1 aromatic carbocycles. The van der Waals surface area contributed by atoms with Gasteiger partial charge in [-0.1, -0.05) is 28.1 Å². The summed E-state index contributed by atoms with van der Waals surface area (Å²) < 4.78 is 2.62. The van der Waals surface area contributed by atoms with E-state index in [2.05, 4.69) is 33.2 Å². The second-order valence-electron chi connectivity index (χ2n) is 3.68. The van der Waals surface area contributed by atoms with Crippen LogP contribution in [0.4, 0.5) is 0 Å². The van der Waals surface area contributed by atoms with E-state index in [9.17, 15) is 0 Å². The van der Waals surface area contributed by atoms with Crippen LogP contribution >= 0.6 is 15.9 Å². The topological polar surface area (TPSA) is 65.4 Å². The molecule has 0 aliphatic carbocycles. The largest absolute Gasteiger partial charge is 0.270 e. The number of aromatic nitrogens is 2. The van der Waals surface area contributed by atoms with Crippen LogP contribution in [0.25, 0.3) is 11.3 Å². The van der Waals surface area contributed by atoms with E-state index in [1.165, 1.54) is 0 Å². The molecule has 4 nitrogen and oxygen atoms in total. The lowest BCUT2D eigenvalue weighted by Crippen LogP contribution is -1.97. The molecule has 0 fully saturated rings. The number of halogens is 1. The predicted molar refractivity (Wildman–Crippen MR) is 70.3 cm³/mol. The third kappa shape index (κ3) is 2.58. The first-order valence-electron chi connectivity index (χ1n) is 5.35. The van der Waals surface area contributed by atoms with Crippen molar-refractivity contribution in [2.75, 3.05) is 0 Å². The quantitative estimate of drug-likeness (QED) is 0.875. The standard InChI is InChI=1S/C13H9BrN4/c14-12-4-2-10(3-5-12)13-11(8-16)9-18(17-13)7-1-6-15/h2-5,9H,1,7H2. The maximum Gasteiger partial charge on any atom is 0.110 e. The van der Waals surface area contributed by atoms with Crippen molar-refractivity contribution in [3.63, 3.8) is 0 Å². The molecule has 0 saturated heterocycles. The summed E-state index contributed by atoms with van der Waals surface area (Å²) in [6.07, 6.45) is 2.06. The second kappa shape index (κ2) is 5.48. The van der Waals surface area contributed by atoms with Gasteiger partial charge in [-0.3, -0.25) is 4.68 Å². The Morgan fingerprint density at radius 1 is 1.22 bits per heavy atom. The minimum Gasteiger partial charge on any atom is -0.270 e. The van der Waals surface area contributed by atoms with Crippen LogP contribution in [0.2, 0.25) is 0 Å². The highest BCUT2D eigenvalue weighted by molar-refractivity contribution is 9.10. The predicted octanol–water partition coefficient (Wildman–Crippen LogP) is 3.10. The molecular weight excluding hydrogens is 292 g/mol. The molecule has 0 radical (unpaired) electrons. The average Bonchev–Trinajstić information content (AvgIpc) is 2.80. The Bertz CT molecular complexity index is 628. The molecule has 2 rings (SSSR count). The summed E-state index contributed by atoms with van der Waals surface area (Å²) >= 11 is 3.37. The van der Waals surface area contributed by atoms with Crippen molar-refractivity contribution >= 4 is 15.9 Å². The van der Waals surface area contributed by atoms with Crippen molar-refractivity contribution in [2.45, 2.75) is 13.0 Å². The number of hydrogen-bond donors (Lipinski definition) is 0. The first-order valence-corrected chi connectivity index (χ1v) is 6.14. The third-order valence-corrected chi connectivity index (χ3v) is 2.98. The van der Waals surface area contributed by atoms with Gasteiger partial charge in [0.05, 0.1) is 24.6 Å². The van der Waals surface area contributed by atoms with Crippen molar-refractivity contribution in [3.8, 4) is 23.4 Å². The van der Waals surface area contributed by atoms with Crippen LogP contribution in [0, 0.1) is 22.7 Å². The van der Waals surface area contributed by atoms with Crippen molar-refractivity contribution in [3.05, 3.63) is 40.5 Å². The lowest BCUT2D eigenvalue weighted by Gasteiger charge is -1.98. The van der Waals surface area contributed by atoms with Gasteiger partial charge in [0, 0.05) is 16.2 Å². The lowest BCUT2D eigenvalue weighted by atomic mass is 10.1. The zero-order chi connectivity index (χ0) is 13.0. The van der Waals surface area contributed by atoms with E-state index in [4.69, 9.17) is 10.5 Å². The van der Waals surface area contributed by atoms with E-state index in [0.717, 1.165) is 10.0 Å². The van der Waals surface area contributed by atoms with E-state index < -0.39 is 0 Å². The van der Waals surface area contributed by atoms with Crippen molar-refractivity contribution < 1.29 is 0 Å². The fourth-order valence-corrected chi connectivity index (χ4v) is 1.87. The molecule has 88 valence electrons. The summed E-state index contributed by atoms with van der Waals surface area (Å²) in [6.45, 7) is 0.502. The van der Waals surface area contributed by atoms with Gasteiger partial charge >= 0.3 is 0 Å². The molecule has 1 heterocycles. The van der Waals surface area contributed by atoms with Crippen molar-refractivity contribution in [1.29, 1.82) is 10.5 Å². The summed E-state index contributed by atoms with van der Waals surface area (Å²) in [6, 6.07) is 11.8. The molecule has 0 atom stereocenters. The zero-order valence-corrected chi connectivity index (χ0v) is 11.1. The SMILES string of the molecule is N#CCCn1cc(C#N)c(-c2ccc(Br)cc2)n1. The van der Waals surface area contributed by atoms with Gasteiger partial charge in [0.25, 0.3) is 0 Å². The number of benzene rings is 1. The highest BCUT2D eigenvalue weighted by Gasteiger charge is 2.10. The van der Waals surface area contributed by atoms with Crippen LogP contribution in [-0.2, 0) is 6.54 Å². The second-order valence-corrected chi connectivity index (χ2v) is 4.60. The van der Waals surface area contributed by atoms with Crippen LogP contribution in [0.5, 0.6) is 0 Å². The Morgan fingerprint density at radius 3 is 2.56 bits per heavy atom. The van der Waals surface area contributed by atoms with Crippen LogP contribution in [0.3, 0.4) is 0 Å². The smallest absolute Gasteiger partial charge is 0.110 e. The molecule has 0 aliphatic rings. The van der Waals surface area contributed by atoms with Gasteiger partial charge in [0.1, 0.15) is 11.8 Å². The summed E-state index contributed by atoms with van der Waals surface area (Å²) in [4.78, 5) is 0. The molecule has 0 aliphatic heterocycles. The first kappa shape index (κ1) is 12.3. The van der Waals surface area contributed by atoms with Gasteiger partial charge in [0.2, 0.25) is 0 Å². The van der Waals surface area contributed by atoms with Crippen LogP contribution in [-0.4, -0.2) is 9.78 Å². The van der Waals surface area contributed by atoms with Gasteiger partial charge in [-0.05, 0) is 12.1 Å². The molecule has 0 amide bonds. The number of aryl methyl sites for hydroxylation is 1. The van der Waals surface area contributed by atoms with Gasteiger partial charge in [-0.2, -0.15) is 15.6 Å². The molecule has 5 heteroatoms. The van der Waals surface area contributed by atoms with E-state index in [0.29, 0.717) is 24.2 Å². The Balaban J connectivity index is 2.38. The average molecular weight is 301 g/mol. The molecule has 0 unspecified atom stereocenters. The van der Waals surface area contributed by atoms with E-state index in [1.807, 2.05) is 24.3 Å². The summed E-state index contributed by atoms with van der Waals surface area (Å²) in [5.74, 6) is 0. The van der Waals surface area contributed by atoms with Crippen LogP contribution < -0.4 is 0 Å². The summed E-state index contributed by atoms with van der Waals surface area (Å²) in [5.41, 5.74) is 2.07. The number of hydrogen-bond acceptors (Lipinski definition) is 3. The lowest BCUT2D eigenvalue weighted by molar-refractivity contribution is 0.629. The molecule has 0 saturated carbocycles. The van der Waals surface area contributed by atoms with Crippen molar-refractivity contribution in [1.82, 2.24) is 9.78 Å². The maximum absolute atomic E-state index is 9.10. The normalized spacial score (nSPS) is 9.72. The minimum atomic E-state index is 0.381. The zero-order valence-electron chi connectivity index (χ0n) is 9.47. The minimum absolute atomic E-state index is 0.381. The van der Waals surface area contributed by atoms with Gasteiger partial charge in [-0.25, -0.2) is 0 Å². The van der Waals surface area contributed by atoms with E-state index in [-0.39, 0.29) is 0 Å². The monoisotopic (exact) mass is 300 g/mol. The van der Waals surface area contributed by atoms with Crippen molar-refractivity contribution in [2.24, 2.45) is 0 Å². The number of rotatable bonds is 3. The molecule has 0 spiro atoms. The highest BCUT2D eigenvalue weighted by atomic mass is 79.9. The Morgan fingerprint density at radius 2 is 1.94 bits per heavy atom. The van der Waals surface area contributed by atoms with Crippen LogP contribution in [0.1, 0.15) is 12.0 Å². The van der Waals surface area contributed by atoms with Gasteiger partial charge < -0.3 is 0 Å². The molecule has 1 aromatic heterocycles. The third-order valence-electron chi connectivity index (χ3n) is 2.45.